The average molecular weight is 259 g/mol. The number of rotatable bonds is 6. The van der Waals surface area contributed by atoms with Gasteiger partial charge in [0.15, 0.2) is 0 Å². The number of anilines is 2. The van der Waals surface area contributed by atoms with Gasteiger partial charge in [0.2, 0.25) is 0 Å². The molecule has 0 atom stereocenters. The van der Waals surface area contributed by atoms with Crippen LogP contribution in [0, 0.1) is 0 Å². The van der Waals surface area contributed by atoms with Gasteiger partial charge in [-0.3, -0.25) is 0 Å². The first-order valence-corrected chi connectivity index (χ1v) is 6.57. The first-order chi connectivity index (χ1) is 9.19. The summed E-state index contributed by atoms with van der Waals surface area (Å²) in [5.41, 5.74) is 1.21. The van der Waals surface area contributed by atoms with Crippen LogP contribution in [0.2, 0.25) is 0 Å². The molecule has 0 aliphatic carbocycles. The van der Waals surface area contributed by atoms with E-state index in [0.717, 1.165) is 31.1 Å². The first-order valence-electron chi connectivity index (χ1n) is 6.57. The molecule has 5 heteroatoms. The normalized spacial score (nSPS) is 10.9. The van der Waals surface area contributed by atoms with E-state index in [-0.39, 0.29) is 0 Å². The summed E-state index contributed by atoms with van der Waals surface area (Å²) in [7, 11) is 4.10. The van der Waals surface area contributed by atoms with Crippen molar-refractivity contribution in [3.8, 4) is 0 Å². The van der Waals surface area contributed by atoms with Crippen LogP contribution in [0.5, 0.6) is 0 Å². The molecule has 0 amide bonds. The minimum atomic E-state index is 0.848. The molecule has 2 aromatic rings. The van der Waals surface area contributed by atoms with Gasteiger partial charge >= 0.3 is 0 Å². The lowest BCUT2D eigenvalue weighted by molar-refractivity contribution is 0.402. The van der Waals surface area contributed by atoms with Gasteiger partial charge < -0.3 is 10.2 Å². The van der Waals surface area contributed by atoms with E-state index in [1.807, 2.05) is 23.0 Å². The van der Waals surface area contributed by atoms with Crippen LogP contribution in [-0.2, 0) is 13.1 Å². The summed E-state index contributed by atoms with van der Waals surface area (Å²) in [4.78, 5) is 6.55. The molecule has 19 heavy (non-hydrogen) atoms. The molecule has 0 saturated heterocycles. The Labute approximate surface area is 114 Å². The number of hydrogen-bond acceptors (Lipinski definition) is 4. The number of nitrogens with zero attached hydrogens (tertiary/aromatic N) is 4. The number of pyridine rings is 1. The zero-order valence-electron chi connectivity index (χ0n) is 11.8. The van der Waals surface area contributed by atoms with Crippen LogP contribution in [-0.4, -0.2) is 33.8 Å². The molecule has 0 spiro atoms. The fourth-order valence-corrected chi connectivity index (χ4v) is 1.92. The Morgan fingerprint density at radius 1 is 1.26 bits per heavy atom. The van der Waals surface area contributed by atoms with E-state index in [4.69, 9.17) is 0 Å². The maximum absolute atomic E-state index is 4.43. The lowest BCUT2D eigenvalue weighted by Crippen LogP contribution is -2.11. The van der Waals surface area contributed by atoms with E-state index in [2.05, 4.69) is 47.4 Å². The lowest BCUT2D eigenvalue weighted by atomic mass is 10.2. The second-order valence-corrected chi connectivity index (χ2v) is 4.85. The summed E-state index contributed by atoms with van der Waals surface area (Å²) < 4.78 is 1.95. The predicted molar refractivity (Wildman–Crippen MR) is 77.4 cm³/mol. The van der Waals surface area contributed by atoms with Crippen LogP contribution in [0.25, 0.3) is 0 Å². The van der Waals surface area contributed by atoms with Crippen molar-refractivity contribution in [2.75, 3.05) is 19.4 Å². The summed E-state index contributed by atoms with van der Waals surface area (Å²) >= 11 is 0. The highest BCUT2D eigenvalue weighted by Gasteiger charge is 2.03. The molecule has 1 N–H and O–H groups in total. The quantitative estimate of drug-likeness (QED) is 0.865. The molecular formula is C14H21N5. The fraction of sp³-hybridized carbons (Fsp3) is 0.429. The highest BCUT2D eigenvalue weighted by molar-refractivity contribution is 5.51. The standard InChI is InChI=1S/C14H21N5/c1-4-9-19-14(7-8-16-19)17-13-6-5-12(10-15-13)11-18(2)3/h5-8,10H,4,9,11H2,1-3H3,(H,15,17). The van der Waals surface area contributed by atoms with Crippen molar-refractivity contribution in [2.24, 2.45) is 0 Å². The van der Waals surface area contributed by atoms with Crippen molar-refractivity contribution in [2.45, 2.75) is 26.4 Å². The van der Waals surface area contributed by atoms with E-state index in [1.54, 1.807) is 6.20 Å². The highest BCUT2D eigenvalue weighted by Crippen LogP contribution is 2.14. The number of aryl methyl sites for hydroxylation is 1. The Morgan fingerprint density at radius 2 is 2.11 bits per heavy atom. The molecule has 0 aliphatic rings. The SMILES string of the molecule is CCCn1nccc1Nc1ccc(CN(C)C)cn1. The molecular weight excluding hydrogens is 238 g/mol. The predicted octanol–water partition coefficient (Wildman–Crippen LogP) is 2.49. The largest absolute Gasteiger partial charge is 0.325 e. The maximum Gasteiger partial charge on any atom is 0.131 e. The van der Waals surface area contributed by atoms with Crippen LogP contribution < -0.4 is 5.32 Å². The Morgan fingerprint density at radius 3 is 2.74 bits per heavy atom. The first kappa shape index (κ1) is 13.5. The summed E-state index contributed by atoms with van der Waals surface area (Å²) in [6.07, 6.45) is 4.77. The number of hydrogen-bond donors (Lipinski definition) is 1. The zero-order chi connectivity index (χ0) is 13.7. The molecule has 0 fully saturated rings. The van der Waals surface area contributed by atoms with E-state index in [0.29, 0.717) is 0 Å². The van der Waals surface area contributed by atoms with E-state index >= 15 is 0 Å². The van der Waals surface area contributed by atoms with Gasteiger partial charge in [0.05, 0.1) is 6.20 Å². The smallest absolute Gasteiger partial charge is 0.131 e. The Kier molecular flexibility index (Phi) is 4.52. The van der Waals surface area contributed by atoms with Crippen LogP contribution in [0.3, 0.4) is 0 Å². The molecule has 0 radical (unpaired) electrons. The van der Waals surface area contributed by atoms with Crippen molar-refractivity contribution in [1.82, 2.24) is 19.7 Å². The van der Waals surface area contributed by atoms with Gasteiger partial charge in [-0.15, -0.1) is 0 Å². The molecule has 0 unspecified atom stereocenters. The third kappa shape index (κ3) is 3.79. The van der Waals surface area contributed by atoms with Gasteiger partial charge in [-0.2, -0.15) is 5.10 Å². The van der Waals surface area contributed by atoms with Crippen molar-refractivity contribution in [3.05, 3.63) is 36.2 Å². The highest BCUT2D eigenvalue weighted by atomic mass is 15.3. The van der Waals surface area contributed by atoms with Gasteiger partial charge in [0.1, 0.15) is 11.6 Å². The van der Waals surface area contributed by atoms with Crippen LogP contribution in [0.15, 0.2) is 30.6 Å². The third-order valence-corrected chi connectivity index (χ3v) is 2.73. The van der Waals surface area contributed by atoms with Crippen LogP contribution >= 0.6 is 0 Å². The third-order valence-electron chi connectivity index (χ3n) is 2.73. The second-order valence-electron chi connectivity index (χ2n) is 4.85. The second kappa shape index (κ2) is 6.33. The molecule has 2 rings (SSSR count). The van der Waals surface area contributed by atoms with Crippen LogP contribution in [0.1, 0.15) is 18.9 Å². The van der Waals surface area contributed by atoms with Crippen molar-refractivity contribution >= 4 is 11.6 Å². The van der Waals surface area contributed by atoms with E-state index in [1.165, 1.54) is 5.56 Å². The fourth-order valence-electron chi connectivity index (χ4n) is 1.92. The van der Waals surface area contributed by atoms with Crippen LogP contribution in [0.4, 0.5) is 11.6 Å². The van der Waals surface area contributed by atoms with E-state index < -0.39 is 0 Å². The molecule has 0 aliphatic heterocycles. The van der Waals surface area contributed by atoms with Gasteiger partial charge in [-0.25, -0.2) is 9.67 Å². The summed E-state index contributed by atoms with van der Waals surface area (Å²) in [5, 5.41) is 7.57. The Bertz CT molecular complexity index is 501. The van der Waals surface area contributed by atoms with Crippen molar-refractivity contribution in [3.63, 3.8) is 0 Å². The Hall–Kier alpha value is -1.88. The molecule has 2 aromatic heterocycles. The van der Waals surface area contributed by atoms with Gasteiger partial charge in [-0.1, -0.05) is 13.0 Å². The zero-order valence-corrected chi connectivity index (χ0v) is 11.8. The van der Waals surface area contributed by atoms with E-state index in [9.17, 15) is 0 Å². The van der Waals surface area contributed by atoms with Gasteiger partial charge in [-0.05, 0) is 32.1 Å². The topological polar surface area (TPSA) is 46.0 Å². The molecule has 0 saturated carbocycles. The maximum atomic E-state index is 4.43. The van der Waals surface area contributed by atoms with Gasteiger partial charge in [0, 0.05) is 25.4 Å². The summed E-state index contributed by atoms with van der Waals surface area (Å²) in [5.74, 6) is 1.83. The summed E-state index contributed by atoms with van der Waals surface area (Å²) in [6.45, 7) is 3.95. The molecule has 102 valence electrons. The van der Waals surface area contributed by atoms with Crippen molar-refractivity contribution < 1.29 is 0 Å². The minimum absolute atomic E-state index is 0.848. The summed E-state index contributed by atoms with van der Waals surface area (Å²) in [6, 6.07) is 6.06. The molecule has 0 aromatic carbocycles. The number of nitrogens with one attached hydrogen (secondary N) is 1. The van der Waals surface area contributed by atoms with Gasteiger partial charge in [0.25, 0.3) is 0 Å². The molecule has 0 bridgehead atoms. The average Bonchev–Trinajstić information content (AvgIpc) is 2.79. The Balaban J connectivity index is 2.04. The van der Waals surface area contributed by atoms with Crippen molar-refractivity contribution in [1.29, 1.82) is 0 Å². The minimum Gasteiger partial charge on any atom is -0.325 e. The number of aromatic nitrogens is 3. The molecule has 5 nitrogen and oxygen atoms in total. The monoisotopic (exact) mass is 259 g/mol. The molecule has 2 heterocycles. The lowest BCUT2D eigenvalue weighted by Gasteiger charge is -2.11.